The van der Waals surface area contributed by atoms with Crippen LogP contribution in [0.5, 0.6) is 0 Å². The first-order valence-corrected chi connectivity index (χ1v) is 6.90. The summed E-state index contributed by atoms with van der Waals surface area (Å²) in [5, 5.41) is 2.82. The Hall–Kier alpha value is -1.84. The molecule has 0 saturated heterocycles. The summed E-state index contributed by atoms with van der Waals surface area (Å²) in [5.74, 6) is -0.197. The van der Waals surface area contributed by atoms with Crippen LogP contribution in [0, 0.1) is 5.92 Å². The zero-order valence-corrected chi connectivity index (χ0v) is 12.2. The highest BCUT2D eigenvalue weighted by atomic mass is 16.6. The fourth-order valence-corrected chi connectivity index (χ4v) is 2.50. The maximum Gasteiger partial charge on any atom is 0.407 e. The molecule has 1 aliphatic rings. The number of carbonyl (C=O) groups excluding carboxylic acids is 2. The molecule has 0 aliphatic heterocycles. The van der Waals surface area contributed by atoms with E-state index in [-0.39, 0.29) is 12.0 Å². The third-order valence-corrected chi connectivity index (χ3v) is 3.41. The predicted octanol–water partition coefficient (Wildman–Crippen LogP) is 2.49. The van der Waals surface area contributed by atoms with E-state index in [4.69, 9.17) is 4.74 Å². The maximum absolute atomic E-state index is 11.9. The number of aldehydes is 1. The third-order valence-electron chi connectivity index (χ3n) is 3.41. The zero-order valence-electron chi connectivity index (χ0n) is 12.2. The van der Waals surface area contributed by atoms with Crippen LogP contribution < -0.4 is 5.32 Å². The van der Waals surface area contributed by atoms with Crippen LogP contribution >= 0.6 is 0 Å². The second kappa shape index (κ2) is 5.65. The largest absolute Gasteiger partial charge is 0.444 e. The number of benzene rings is 1. The number of fused-ring (bicyclic) bond motifs is 1. The van der Waals surface area contributed by atoms with E-state index in [1.807, 2.05) is 45.0 Å². The van der Waals surface area contributed by atoms with Crippen molar-refractivity contribution in [3.63, 3.8) is 0 Å². The number of nitrogens with one attached hydrogen (secondary N) is 1. The van der Waals surface area contributed by atoms with Gasteiger partial charge in [-0.05, 0) is 44.7 Å². The Balaban J connectivity index is 2.08. The summed E-state index contributed by atoms with van der Waals surface area (Å²) in [4.78, 5) is 23.1. The Morgan fingerprint density at radius 3 is 2.40 bits per heavy atom. The normalized spacial score (nSPS) is 21.8. The summed E-state index contributed by atoms with van der Waals surface area (Å²) in [6, 6.07) is 7.83. The second-order valence-electron chi connectivity index (χ2n) is 6.23. The molecule has 2 unspecified atom stereocenters. The summed E-state index contributed by atoms with van der Waals surface area (Å²) < 4.78 is 5.26. The van der Waals surface area contributed by atoms with Gasteiger partial charge >= 0.3 is 6.09 Å². The standard InChI is InChI=1S/C16H21NO3/c1-16(2,3)20-15(19)17-14-9-12-7-5-4-6-11(12)8-13(14)10-18/h4-7,10,13-14H,8-9H2,1-3H3,(H,17,19). The fraction of sp³-hybridized carbons (Fsp3) is 0.500. The van der Waals surface area contributed by atoms with Crippen molar-refractivity contribution in [2.45, 2.75) is 45.3 Å². The van der Waals surface area contributed by atoms with E-state index < -0.39 is 11.7 Å². The van der Waals surface area contributed by atoms with Crippen molar-refractivity contribution in [3.8, 4) is 0 Å². The van der Waals surface area contributed by atoms with Crippen molar-refractivity contribution in [2.75, 3.05) is 0 Å². The van der Waals surface area contributed by atoms with Crippen molar-refractivity contribution >= 4 is 12.4 Å². The Kier molecular flexibility index (Phi) is 4.12. The van der Waals surface area contributed by atoms with Crippen LogP contribution in [-0.2, 0) is 22.4 Å². The minimum atomic E-state index is -0.534. The van der Waals surface area contributed by atoms with Crippen LogP contribution in [0.1, 0.15) is 31.9 Å². The lowest BCUT2D eigenvalue weighted by Crippen LogP contribution is -2.47. The average Bonchev–Trinajstić information content (AvgIpc) is 2.35. The summed E-state index contributed by atoms with van der Waals surface area (Å²) in [6.07, 6.45) is 1.80. The molecule has 4 heteroatoms. The van der Waals surface area contributed by atoms with Crippen molar-refractivity contribution in [1.82, 2.24) is 5.32 Å². The quantitative estimate of drug-likeness (QED) is 0.844. The molecule has 2 atom stereocenters. The van der Waals surface area contributed by atoms with E-state index in [2.05, 4.69) is 5.32 Å². The van der Waals surface area contributed by atoms with Gasteiger partial charge in [-0.25, -0.2) is 4.79 Å². The number of carbonyl (C=O) groups is 2. The van der Waals surface area contributed by atoms with Crippen LogP contribution in [0.15, 0.2) is 24.3 Å². The number of hydrogen-bond acceptors (Lipinski definition) is 3. The van der Waals surface area contributed by atoms with E-state index in [1.54, 1.807) is 0 Å². The van der Waals surface area contributed by atoms with Crippen LogP contribution in [0.3, 0.4) is 0 Å². The first-order chi connectivity index (χ1) is 9.39. The Labute approximate surface area is 119 Å². The second-order valence-corrected chi connectivity index (χ2v) is 6.23. The van der Waals surface area contributed by atoms with E-state index in [1.165, 1.54) is 11.1 Å². The molecule has 2 rings (SSSR count). The molecule has 108 valence electrons. The molecule has 0 radical (unpaired) electrons. The molecule has 0 spiro atoms. The SMILES string of the molecule is CC(C)(C)OC(=O)NC1Cc2ccccc2CC1C=O. The van der Waals surface area contributed by atoms with Crippen molar-refractivity contribution < 1.29 is 14.3 Å². The molecular weight excluding hydrogens is 254 g/mol. The van der Waals surface area contributed by atoms with Crippen molar-refractivity contribution in [2.24, 2.45) is 5.92 Å². The van der Waals surface area contributed by atoms with Crippen LogP contribution in [0.2, 0.25) is 0 Å². The molecule has 0 aromatic heterocycles. The molecule has 1 aromatic rings. The highest BCUT2D eigenvalue weighted by Gasteiger charge is 2.30. The molecular formula is C16H21NO3. The van der Waals surface area contributed by atoms with Gasteiger partial charge in [-0.15, -0.1) is 0 Å². The molecule has 20 heavy (non-hydrogen) atoms. The van der Waals surface area contributed by atoms with E-state index >= 15 is 0 Å². The highest BCUT2D eigenvalue weighted by molar-refractivity contribution is 5.69. The van der Waals surface area contributed by atoms with Crippen LogP contribution in [0.4, 0.5) is 4.79 Å². The van der Waals surface area contributed by atoms with Gasteiger partial charge in [-0.3, -0.25) is 0 Å². The molecule has 1 aromatic carbocycles. The summed E-state index contributed by atoms with van der Waals surface area (Å²) in [6.45, 7) is 5.46. The molecule has 1 amide bonds. The van der Waals surface area contributed by atoms with Crippen LogP contribution in [0.25, 0.3) is 0 Å². The van der Waals surface area contributed by atoms with Gasteiger partial charge in [0.2, 0.25) is 0 Å². The summed E-state index contributed by atoms with van der Waals surface area (Å²) in [5.41, 5.74) is 1.84. The van der Waals surface area contributed by atoms with E-state index in [0.717, 1.165) is 6.29 Å². The van der Waals surface area contributed by atoms with Gasteiger partial charge in [0.1, 0.15) is 11.9 Å². The number of alkyl carbamates (subject to hydrolysis) is 1. The monoisotopic (exact) mass is 275 g/mol. The summed E-state index contributed by atoms with van der Waals surface area (Å²) >= 11 is 0. The lowest BCUT2D eigenvalue weighted by atomic mass is 9.81. The molecule has 1 N–H and O–H groups in total. The minimum Gasteiger partial charge on any atom is -0.444 e. The van der Waals surface area contributed by atoms with Gasteiger partial charge in [-0.1, -0.05) is 24.3 Å². The van der Waals surface area contributed by atoms with E-state index in [0.29, 0.717) is 12.8 Å². The number of amides is 1. The average molecular weight is 275 g/mol. The molecule has 4 nitrogen and oxygen atoms in total. The molecule has 1 aliphatic carbocycles. The molecule has 0 saturated carbocycles. The number of hydrogen-bond donors (Lipinski definition) is 1. The Morgan fingerprint density at radius 2 is 1.85 bits per heavy atom. The Morgan fingerprint density at radius 1 is 1.25 bits per heavy atom. The molecule has 0 bridgehead atoms. The summed E-state index contributed by atoms with van der Waals surface area (Å²) in [7, 11) is 0. The van der Waals surface area contributed by atoms with E-state index in [9.17, 15) is 9.59 Å². The minimum absolute atomic E-state index is 0.197. The van der Waals surface area contributed by atoms with Crippen LogP contribution in [-0.4, -0.2) is 24.0 Å². The van der Waals surface area contributed by atoms with Gasteiger partial charge in [0.05, 0.1) is 0 Å². The Bertz CT molecular complexity index is 505. The van der Waals surface area contributed by atoms with Crippen molar-refractivity contribution in [1.29, 1.82) is 0 Å². The fourth-order valence-electron chi connectivity index (χ4n) is 2.50. The van der Waals surface area contributed by atoms with Gasteiger partial charge in [0, 0.05) is 12.0 Å². The zero-order chi connectivity index (χ0) is 14.8. The maximum atomic E-state index is 11.9. The van der Waals surface area contributed by atoms with Gasteiger partial charge in [-0.2, -0.15) is 0 Å². The van der Waals surface area contributed by atoms with Gasteiger partial charge < -0.3 is 14.8 Å². The topological polar surface area (TPSA) is 55.4 Å². The number of rotatable bonds is 2. The predicted molar refractivity (Wildman–Crippen MR) is 76.6 cm³/mol. The lowest BCUT2D eigenvalue weighted by Gasteiger charge is -2.31. The smallest absolute Gasteiger partial charge is 0.407 e. The van der Waals surface area contributed by atoms with Gasteiger partial charge in [0.25, 0.3) is 0 Å². The first kappa shape index (κ1) is 14.6. The molecule has 0 heterocycles. The van der Waals surface area contributed by atoms with Crippen molar-refractivity contribution in [3.05, 3.63) is 35.4 Å². The molecule has 0 fully saturated rings. The third kappa shape index (κ3) is 3.59. The lowest BCUT2D eigenvalue weighted by molar-refractivity contribution is -0.112. The number of ether oxygens (including phenoxy) is 1. The highest BCUT2D eigenvalue weighted by Crippen LogP contribution is 2.25. The van der Waals surface area contributed by atoms with Gasteiger partial charge in [0.15, 0.2) is 0 Å². The first-order valence-electron chi connectivity index (χ1n) is 6.90.